The molecule has 2 nitrogen and oxygen atoms in total. The zero-order valence-electron chi connectivity index (χ0n) is 8.11. The van der Waals surface area contributed by atoms with E-state index in [0.717, 1.165) is 5.56 Å². The number of carbonyl (C=O) groups excluding carboxylic acids is 1. The summed E-state index contributed by atoms with van der Waals surface area (Å²) in [7, 11) is 0. The zero-order valence-corrected chi connectivity index (χ0v) is 8.11. The van der Waals surface area contributed by atoms with E-state index in [-0.39, 0.29) is 23.3 Å². The molecule has 3 heteroatoms. The van der Waals surface area contributed by atoms with Gasteiger partial charge in [-0.2, -0.15) is 0 Å². The number of ketones is 1. The average molecular weight is 206 g/mol. The van der Waals surface area contributed by atoms with Crippen LogP contribution in [-0.2, 0) is 4.79 Å². The third kappa shape index (κ3) is 2.24. The maximum Gasteiger partial charge on any atom is 0.159 e. The third-order valence-electron chi connectivity index (χ3n) is 2.57. The van der Waals surface area contributed by atoms with Crippen molar-refractivity contribution in [1.29, 1.82) is 0 Å². The molecule has 0 bridgehead atoms. The minimum atomic E-state index is -0.291. The lowest BCUT2D eigenvalue weighted by molar-refractivity contribution is -0.115. The molecule has 78 valence electrons. The highest BCUT2D eigenvalue weighted by Crippen LogP contribution is 2.30. The first-order chi connectivity index (χ1) is 7.15. The standard InChI is InChI=1S/C12H11FO2/c13-10-3-1-8(2-4-10)9-5-11(14)7-12(15)6-9/h1-4,7,9,14H,5-6H2. The highest BCUT2D eigenvalue weighted by molar-refractivity contribution is 5.91. The van der Waals surface area contributed by atoms with Crippen molar-refractivity contribution in [2.45, 2.75) is 18.8 Å². The number of hydrogen-bond acceptors (Lipinski definition) is 2. The van der Waals surface area contributed by atoms with Crippen LogP contribution in [0.1, 0.15) is 24.3 Å². The highest BCUT2D eigenvalue weighted by Gasteiger charge is 2.21. The number of aliphatic hydroxyl groups is 1. The van der Waals surface area contributed by atoms with E-state index in [1.807, 2.05) is 0 Å². The summed E-state index contributed by atoms with van der Waals surface area (Å²) in [5.41, 5.74) is 0.893. The van der Waals surface area contributed by atoms with Crippen LogP contribution in [0.25, 0.3) is 0 Å². The van der Waals surface area contributed by atoms with Crippen LogP contribution < -0.4 is 0 Å². The largest absolute Gasteiger partial charge is 0.512 e. The van der Waals surface area contributed by atoms with Crippen molar-refractivity contribution in [2.75, 3.05) is 0 Å². The second kappa shape index (κ2) is 3.85. The van der Waals surface area contributed by atoms with Crippen molar-refractivity contribution in [3.63, 3.8) is 0 Å². The number of benzene rings is 1. The first-order valence-corrected chi connectivity index (χ1v) is 4.83. The molecule has 1 aliphatic carbocycles. The number of hydrogen-bond donors (Lipinski definition) is 1. The summed E-state index contributed by atoms with van der Waals surface area (Å²) in [5, 5.41) is 9.33. The molecule has 0 radical (unpaired) electrons. The van der Waals surface area contributed by atoms with Gasteiger partial charge >= 0.3 is 0 Å². The van der Waals surface area contributed by atoms with Gasteiger partial charge in [0, 0.05) is 18.9 Å². The van der Waals surface area contributed by atoms with Crippen LogP contribution >= 0.6 is 0 Å². The predicted octanol–water partition coefficient (Wildman–Crippen LogP) is 2.71. The number of carbonyl (C=O) groups is 1. The Hall–Kier alpha value is -1.64. The zero-order chi connectivity index (χ0) is 10.8. The lowest BCUT2D eigenvalue weighted by Gasteiger charge is -2.19. The van der Waals surface area contributed by atoms with Crippen molar-refractivity contribution in [2.24, 2.45) is 0 Å². The molecule has 1 N–H and O–H groups in total. The fraction of sp³-hybridized carbons (Fsp3) is 0.250. The lowest BCUT2D eigenvalue weighted by atomic mass is 9.86. The van der Waals surface area contributed by atoms with Crippen LogP contribution in [0.15, 0.2) is 36.1 Å². The third-order valence-corrected chi connectivity index (χ3v) is 2.57. The van der Waals surface area contributed by atoms with E-state index in [2.05, 4.69) is 0 Å². The van der Waals surface area contributed by atoms with Crippen molar-refractivity contribution in [3.05, 3.63) is 47.5 Å². The minimum absolute atomic E-state index is 0.0249. The lowest BCUT2D eigenvalue weighted by Crippen LogP contribution is -2.12. The molecule has 2 rings (SSSR count). The minimum Gasteiger partial charge on any atom is -0.512 e. The molecule has 1 unspecified atom stereocenters. The van der Waals surface area contributed by atoms with Gasteiger partial charge in [-0.1, -0.05) is 12.1 Å². The van der Waals surface area contributed by atoms with Gasteiger partial charge < -0.3 is 5.11 Å². The van der Waals surface area contributed by atoms with E-state index in [4.69, 9.17) is 0 Å². The van der Waals surface area contributed by atoms with Gasteiger partial charge in [-0.15, -0.1) is 0 Å². The van der Waals surface area contributed by atoms with Crippen LogP contribution in [0.3, 0.4) is 0 Å². The van der Waals surface area contributed by atoms with Gasteiger partial charge in [-0.05, 0) is 23.6 Å². The smallest absolute Gasteiger partial charge is 0.159 e. The molecule has 0 amide bonds. The molecule has 1 aromatic carbocycles. The number of allylic oxidation sites excluding steroid dienone is 2. The maximum atomic E-state index is 12.7. The molecule has 0 aliphatic heterocycles. The fourth-order valence-corrected chi connectivity index (χ4v) is 1.84. The summed E-state index contributed by atoms with van der Waals surface area (Å²) in [6.45, 7) is 0. The Morgan fingerprint density at radius 2 is 1.87 bits per heavy atom. The quantitative estimate of drug-likeness (QED) is 0.767. The van der Waals surface area contributed by atoms with E-state index in [1.54, 1.807) is 12.1 Å². The Morgan fingerprint density at radius 1 is 1.20 bits per heavy atom. The number of aliphatic hydroxyl groups excluding tert-OH is 1. The van der Waals surface area contributed by atoms with Crippen LogP contribution in [-0.4, -0.2) is 10.9 Å². The molecule has 0 heterocycles. The van der Waals surface area contributed by atoms with Crippen LogP contribution in [0.5, 0.6) is 0 Å². The monoisotopic (exact) mass is 206 g/mol. The van der Waals surface area contributed by atoms with Gasteiger partial charge in [0.1, 0.15) is 5.82 Å². The molecular formula is C12H11FO2. The Labute approximate surface area is 87.0 Å². The molecule has 0 saturated carbocycles. The second-order valence-corrected chi connectivity index (χ2v) is 3.76. The summed E-state index contributed by atoms with van der Waals surface area (Å²) in [6, 6.07) is 6.06. The Bertz CT molecular complexity index is 406. The van der Waals surface area contributed by atoms with Crippen LogP contribution in [0.4, 0.5) is 4.39 Å². The highest BCUT2D eigenvalue weighted by atomic mass is 19.1. The van der Waals surface area contributed by atoms with Gasteiger partial charge in [0.05, 0.1) is 5.76 Å². The van der Waals surface area contributed by atoms with Gasteiger partial charge in [-0.25, -0.2) is 4.39 Å². The van der Waals surface area contributed by atoms with Gasteiger partial charge in [-0.3, -0.25) is 4.79 Å². The summed E-state index contributed by atoms with van der Waals surface area (Å²) >= 11 is 0. The molecule has 15 heavy (non-hydrogen) atoms. The normalized spacial score (nSPS) is 21.3. The van der Waals surface area contributed by atoms with E-state index in [1.165, 1.54) is 18.2 Å². The topological polar surface area (TPSA) is 37.3 Å². The van der Waals surface area contributed by atoms with Crippen molar-refractivity contribution >= 4 is 5.78 Å². The van der Waals surface area contributed by atoms with Crippen LogP contribution in [0, 0.1) is 5.82 Å². The SMILES string of the molecule is O=C1C=C(O)CC(c2ccc(F)cc2)C1. The molecule has 1 aromatic rings. The first-order valence-electron chi connectivity index (χ1n) is 4.83. The average Bonchev–Trinajstić information content (AvgIpc) is 2.17. The van der Waals surface area contributed by atoms with E-state index in [0.29, 0.717) is 12.8 Å². The molecule has 1 atom stereocenters. The van der Waals surface area contributed by atoms with Crippen molar-refractivity contribution in [3.8, 4) is 0 Å². The van der Waals surface area contributed by atoms with Crippen molar-refractivity contribution < 1.29 is 14.3 Å². The fourth-order valence-electron chi connectivity index (χ4n) is 1.84. The van der Waals surface area contributed by atoms with E-state index >= 15 is 0 Å². The Balaban J connectivity index is 2.22. The van der Waals surface area contributed by atoms with Crippen LogP contribution in [0.2, 0.25) is 0 Å². The maximum absolute atomic E-state index is 12.7. The van der Waals surface area contributed by atoms with Crippen molar-refractivity contribution in [1.82, 2.24) is 0 Å². The number of rotatable bonds is 1. The Kier molecular flexibility index (Phi) is 2.54. The summed E-state index contributed by atoms with van der Waals surface area (Å²) < 4.78 is 12.7. The van der Waals surface area contributed by atoms with E-state index in [9.17, 15) is 14.3 Å². The van der Waals surface area contributed by atoms with E-state index < -0.39 is 0 Å². The predicted molar refractivity (Wildman–Crippen MR) is 54.1 cm³/mol. The summed E-state index contributed by atoms with van der Waals surface area (Å²) in [6.07, 6.45) is 2.10. The summed E-state index contributed by atoms with van der Waals surface area (Å²) in [5.74, 6) is -0.280. The molecule has 1 aliphatic rings. The number of halogens is 1. The molecule has 0 saturated heterocycles. The van der Waals surface area contributed by atoms with Gasteiger partial charge in [0.15, 0.2) is 5.78 Å². The molecule has 0 aromatic heterocycles. The first kappa shape index (κ1) is 9.90. The van der Waals surface area contributed by atoms with Gasteiger partial charge in [0.2, 0.25) is 0 Å². The Morgan fingerprint density at radius 3 is 2.47 bits per heavy atom. The molecule has 0 spiro atoms. The summed E-state index contributed by atoms with van der Waals surface area (Å²) in [4.78, 5) is 11.2. The van der Waals surface area contributed by atoms with Gasteiger partial charge in [0.25, 0.3) is 0 Å². The second-order valence-electron chi connectivity index (χ2n) is 3.76. The molecule has 0 fully saturated rings. The molecular weight excluding hydrogens is 195 g/mol.